The van der Waals surface area contributed by atoms with Crippen LogP contribution in [0.5, 0.6) is 0 Å². The molecule has 0 aromatic heterocycles. The molecule has 2 aromatic carbocycles. The van der Waals surface area contributed by atoms with Crippen LogP contribution in [0.1, 0.15) is 41.6 Å². The molecule has 0 heterocycles. The highest BCUT2D eigenvalue weighted by atomic mass is 35.5. The van der Waals surface area contributed by atoms with Gasteiger partial charge in [-0.25, -0.2) is 4.79 Å². The molecule has 5 nitrogen and oxygen atoms in total. The number of halogens is 7. The Bertz CT molecular complexity index is 1060. The maximum atomic E-state index is 13.8. The van der Waals surface area contributed by atoms with Crippen molar-refractivity contribution >= 4 is 23.3 Å². The Hall–Kier alpha value is -2.66. The maximum absolute atomic E-state index is 13.8. The second-order valence-corrected chi connectivity index (χ2v) is 8.38. The van der Waals surface area contributed by atoms with E-state index in [0.29, 0.717) is 31.5 Å². The molecular weight excluding hydrogens is 488 g/mol. The van der Waals surface area contributed by atoms with Gasteiger partial charge in [0.05, 0.1) is 18.2 Å². The number of alkyl halides is 6. The lowest BCUT2D eigenvalue weighted by atomic mass is 9.91. The summed E-state index contributed by atoms with van der Waals surface area (Å²) in [5, 5.41) is 17.8. The Morgan fingerprint density at radius 1 is 1.09 bits per heavy atom. The van der Waals surface area contributed by atoms with E-state index in [0.717, 1.165) is 11.1 Å². The van der Waals surface area contributed by atoms with Gasteiger partial charge in [0, 0.05) is 17.3 Å². The average molecular weight is 510 g/mol. The number of carbonyl (C=O) groups excluding carboxylic acids is 1. The van der Waals surface area contributed by atoms with Gasteiger partial charge in [-0.15, -0.1) is 0 Å². The van der Waals surface area contributed by atoms with Crippen LogP contribution in [0.15, 0.2) is 36.4 Å². The van der Waals surface area contributed by atoms with Gasteiger partial charge < -0.3 is 21.1 Å². The van der Waals surface area contributed by atoms with Crippen molar-refractivity contribution in [3.05, 3.63) is 63.7 Å². The minimum Gasteiger partial charge on any atom is -0.381 e. The number of benzene rings is 2. The van der Waals surface area contributed by atoms with Gasteiger partial charge in [0.15, 0.2) is 0 Å². The van der Waals surface area contributed by atoms with E-state index in [4.69, 9.17) is 11.6 Å². The third-order valence-electron chi connectivity index (χ3n) is 5.58. The molecule has 0 unspecified atom stereocenters. The highest BCUT2D eigenvalue weighted by Crippen LogP contribution is 2.42. The van der Waals surface area contributed by atoms with Gasteiger partial charge in [-0.1, -0.05) is 17.7 Å². The second kappa shape index (κ2) is 9.53. The molecule has 186 valence electrons. The van der Waals surface area contributed by atoms with E-state index in [1.54, 1.807) is 19.1 Å². The fourth-order valence-electron chi connectivity index (χ4n) is 3.84. The van der Waals surface area contributed by atoms with Gasteiger partial charge in [0.25, 0.3) is 0 Å². The second-order valence-electron chi connectivity index (χ2n) is 7.95. The third kappa shape index (κ3) is 5.52. The van der Waals surface area contributed by atoms with E-state index in [1.165, 1.54) is 6.07 Å². The largest absolute Gasteiger partial charge is 0.423 e. The van der Waals surface area contributed by atoms with Gasteiger partial charge in [-0.05, 0) is 66.8 Å². The van der Waals surface area contributed by atoms with Gasteiger partial charge in [-0.3, -0.25) is 0 Å². The van der Waals surface area contributed by atoms with Crippen LogP contribution < -0.4 is 16.0 Å². The minimum atomic E-state index is -5.30. The number of carbonyl (C=O) groups is 1. The standard InChI is InChI=1S/C22H22ClF6N3O2/c1-2-30-19(33)32-18-6-3-12-7-16(4-5-17(12)18)31-11-20(34,22(27,28)29)13-8-14(21(24,25)26)10-15(23)9-13/h4-5,7-10,18,31,34H,2-3,6,11H2,1H3,(H2,30,32,33)/t18-,20+/m1/s1. The van der Waals surface area contributed by atoms with Crippen LogP contribution in [0.2, 0.25) is 5.02 Å². The highest BCUT2D eigenvalue weighted by molar-refractivity contribution is 6.30. The fourth-order valence-corrected chi connectivity index (χ4v) is 4.07. The summed E-state index contributed by atoms with van der Waals surface area (Å²) in [6.07, 6.45) is -9.08. The van der Waals surface area contributed by atoms with Crippen LogP contribution in [0.4, 0.5) is 36.8 Å². The number of rotatable bonds is 6. The van der Waals surface area contributed by atoms with E-state index in [2.05, 4.69) is 16.0 Å². The molecule has 0 bridgehead atoms. The van der Waals surface area contributed by atoms with Gasteiger partial charge in [0.1, 0.15) is 0 Å². The molecule has 2 aromatic rings. The number of aliphatic hydroxyl groups is 1. The topological polar surface area (TPSA) is 73.4 Å². The zero-order chi connectivity index (χ0) is 25.3. The SMILES string of the molecule is CCNC(=O)N[C@@H]1CCc2cc(NC[C@](O)(c3cc(Cl)cc(C(F)(F)F)c3)C(F)(F)F)ccc21. The molecule has 0 saturated heterocycles. The average Bonchev–Trinajstić information content (AvgIpc) is 3.12. The number of anilines is 1. The summed E-state index contributed by atoms with van der Waals surface area (Å²) in [7, 11) is 0. The predicted octanol–water partition coefficient (Wildman–Crippen LogP) is 5.53. The van der Waals surface area contributed by atoms with Gasteiger partial charge >= 0.3 is 18.4 Å². The van der Waals surface area contributed by atoms with Gasteiger partial charge in [-0.2, -0.15) is 26.3 Å². The number of urea groups is 1. The van der Waals surface area contributed by atoms with Crippen LogP contribution in [0.3, 0.4) is 0 Å². The number of fused-ring (bicyclic) bond motifs is 1. The van der Waals surface area contributed by atoms with E-state index >= 15 is 0 Å². The van der Waals surface area contributed by atoms with Crippen molar-refractivity contribution in [3.63, 3.8) is 0 Å². The predicted molar refractivity (Wildman–Crippen MR) is 115 cm³/mol. The summed E-state index contributed by atoms with van der Waals surface area (Å²) in [5.41, 5.74) is -4.23. The Morgan fingerprint density at radius 3 is 2.38 bits per heavy atom. The first-order valence-electron chi connectivity index (χ1n) is 10.3. The van der Waals surface area contributed by atoms with Crippen molar-refractivity contribution < 1.29 is 36.2 Å². The minimum absolute atomic E-state index is 0.234. The molecule has 4 N–H and O–H groups in total. The Balaban J connectivity index is 1.84. The van der Waals surface area contributed by atoms with Gasteiger partial charge in [0.2, 0.25) is 5.60 Å². The summed E-state index contributed by atoms with van der Waals surface area (Å²) < 4.78 is 80.8. The van der Waals surface area contributed by atoms with Crippen molar-refractivity contribution in [2.45, 2.75) is 43.8 Å². The Kier molecular flexibility index (Phi) is 7.28. The molecular formula is C22H22ClF6N3O2. The van der Waals surface area contributed by atoms with Crippen molar-refractivity contribution in [2.24, 2.45) is 0 Å². The highest BCUT2D eigenvalue weighted by Gasteiger charge is 2.55. The van der Waals surface area contributed by atoms with E-state index in [-0.39, 0.29) is 23.8 Å². The number of aryl methyl sites for hydroxylation is 1. The molecule has 12 heteroatoms. The first-order valence-corrected chi connectivity index (χ1v) is 10.7. The quantitative estimate of drug-likeness (QED) is 0.387. The van der Waals surface area contributed by atoms with Crippen molar-refractivity contribution in [2.75, 3.05) is 18.4 Å². The number of nitrogens with one attached hydrogen (secondary N) is 3. The molecule has 0 radical (unpaired) electrons. The van der Waals surface area contributed by atoms with Crippen LogP contribution in [-0.2, 0) is 18.2 Å². The molecule has 2 amide bonds. The fraction of sp³-hybridized carbons (Fsp3) is 0.409. The molecule has 0 aliphatic heterocycles. The Labute approximate surface area is 196 Å². The zero-order valence-electron chi connectivity index (χ0n) is 17.9. The maximum Gasteiger partial charge on any atom is 0.423 e. The molecule has 1 aliphatic carbocycles. The molecule has 3 rings (SSSR count). The summed E-state index contributed by atoms with van der Waals surface area (Å²) in [5.74, 6) is 0. The van der Waals surface area contributed by atoms with Crippen LogP contribution in [0.25, 0.3) is 0 Å². The smallest absolute Gasteiger partial charge is 0.381 e. The number of amides is 2. The van der Waals surface area contributed by atoms with Crippen molar-refractivity contribution in [1.82, 2.24) is 10.6 Å². The Morgan fingerprint density at radius 2 is 1.76 bits per heavy atom. The van der Waals surface area contributed by atoms with Crippen LogP contribution in [-0.4, -0.2) is 30.4 Å². The van der Waals surface area contributed by atoms with Crippen LogP contribution in [0, 0.1) is 0 Å². The van der Waals surface area contributed by atoms with E-state index < -0.39 is 40.6 Å². The monoisotopic (exact) mass is 509 g/mol. The third-order valence-corrected chi connectivity index (χ3v) is 5.80. The lowest BCUT2D eigenvalue weighted by Crippen LogP contribution is -2.48. The molecule has 0 fully saturated rings. The zero-order valence-corrected chi connectivity index (χ0v) is 18.6. The summed E-state index contributed by atoms with van der Waals surface area (Å²) in [4.78, 5) is 11.8. The number of hydrogen-bond acceptors (Lipinski definition) is 3. The first kappa shape index (κ1) is 26.0. The lowest BCUT2D eigenvalue weighted by molar-refractivity contribution is -0.260. The first-order chi connectivity index (χ1) is 15.7. The molecule has 0 spiro atoms. The number of hydrogen-bond donors (Lipinski definition) is 4. The molecule has 0 saturated carbocycles. The van der Waals surface area contributed by atoms with E-state index in [9.17, 15) is 36.2 Å². The normalized spacial score (nSPS) is 17.6. The molecule has 1 aliphatic rings. The van der Waals surface area contributed by atoms with Crippen LogP contribution >= 0.6 is 11.6 Å². The summed E-state index contributed by atoms with van der Waals surface area (Å²) in [6.45, 7) is 1.08. The van der Waals surface area contributed by atoms with Crippen molar-refractivity contribution in [1.29, 1.82) is 0 Å². The lowest BCUT2D eigenvalue weighted by Gasteiger charge is -2.32. The summed E-state index contributed by atoms with van der Waals surface area (Å²) in [6, 6.07) is 5.51. The van der Waals surface area contributed by atoms with E-state index in [1.807, 2.05) is 0 Å². The molecule has 2 atom stereocenters. The van der Waals surface area contributed by atoms with Crippen molar-refractivity contribution in [3.8, 4) is 0 Å². The summed E-state index contributed by atoms with van der Waals surface area (Å²) >= 11 is 5.63. The molecule has 34 heavy (non-hydrogen) atoms.